The van der Waals surface area contributed by atoms with Crippen LogP contribution in [-0.2, 0) is 11.2 Å². The highest BCUT2D eigenvalue weighted by molar-refractivity contribution is 5.76. The summed E-state index contributed by atoms with van der Waals surface area (Å²) in [6.07, 6.45) is 3.22. The number of carboxylic acid groups (broad SMARTS) is 1. The van der Waals surface area contributed by atoms with Crippen LogP contribution in [0.25, 0.3) is 11.0 Å². The van der Waals surface area contributed by atoms with Crippen molar-refractivity contribution in [1.82, 2.24) is 19.8 Å². The first-order valence-electron chi connectivity index (χ1n) is 9.30. The van der Waals surface area contributed by atoms with Crippen LogP contribution in [0, 0.1) is 0 Å². The lowest BCUT2D eigenvalue weighted by Gasteiger charge is -2.33. The third-order valence-corrected chi connectivity index (χ3v) is 4.95. The molecule has 0 unspecified atom stereocenters. The van der Waals surface area contributed by atoms with Crippen LogP contribution in [0.15, 0.2) is 24.3 Å². The SMILES string of the molecule is CCc1nc2ccccc2n1C1CCN(C(=O)NCCCC(=O)O)CC1. The molecular formula is C19H26N4O3. The molecule has 7 nitrogen and oxygen atoms in total. The smallest absolute Gasteiger partial charge is 0.317 e. The lowest BCUT2D eigenvalue weighted by molar-refractivity contribution is -0.137. The van der Waals surface area contributed by atoms with E-state index < -0.39 is 5.97 Å². The lowest BCUT2D eigenvalue weighted by Crippen LogP contribution is -2.45. The molecular weight excluding hydrogens is 332 g/mol. The predicted molar refractivity (Wildman–Crippen MR) is 99.2 cm³/mol. The first kappa shape index (κ1) is 18.2. The summed E-state index contributed by atoms with van der Waals surface area (Å²) >= 11 is 0. The Kier molecular flexibility index (Phi) is 5.75. The predicted octanol–water partition coefficient (Wildman–Crippen LogP) is 2.81. The molecule has 2 N–H and O–H groups in total. The van der Waals surface area contributed by atoms with Gasteiger partial charge in [-0.3, -0.25) is 4.79 Å². The molecule has 1 aromatic carbocycles. The van der Waals surface area contributed by atoms with Crippen molar-refractivity contribution >= 4 is 23.0 Å². The normalized spacial score (nSPS) is 15.3. The van der Waals surface area contributed by atoms with Gasteiger partial charge in [-0.15, -0.1) is 0 Å². The molecule has 1 aromatic heterocycles. The number of nitrogens with one attached hydrogen (secondary N) is 1. The summed E-state index contributed by atoms with van der Waals surface area (Å²) in [5, 5.41) is 11.4. The number of likely N-dealkylation sites (tertiary alicyclic amines) is 1. The number of urea groups is 1. The number of hydrogen-bond acceptors (Lipinski definition) is 3. The van der Waals surface area contributed by atoms with Crippen molar-refractivity contribution in [3.05, 3.63) is 30.1 Å². The van der Waals surface area contributed by atoms with Gasteiger partial charge < -0.3 is 19.9 Å². The van der Waals surface area contributed by atoms with Crippen LogP contribution in [0.1, 0.15) is 44.5 Å². The van der Waals surface area contributed by atoms with E-state index in [0.717, 1.165) is 30.6 Å². The molecule has 1 aliphatic heterocycles. The minimum atomic E-state index is -0.834. The Morgan fingerprint density at radius 2 is 2.00 bits per heavy atom. The zero-order chi connectivity index (χ0) is 18.5. The van der Waals surface area contributed by atoms with E-state index in [2.05, 4.69) is 22.9 Å². The molecule has 0 aliphatic carbocycles. The van der Waals surface area contributed by atoms with Gasteiger partial charge in [-0.1, -0.05) is 19.1 Å². The summed E-state index contributed by atoms with van der Waals surface area (Å²) in [6.45, 7) is 3.92. The summed E-state index contributed by atoms with van der Waals surface area (Å²) in [5.74, 6) is 0.266. The minimum Gasteiger partial charge on any atom is -0.481 e. The Bertz CT molecular complexity index is 778. The number of nitrogens with zero attached hydrogens (tertiary/aromatic N) is 3. The van der Waals surface area contributed by atoms with Crippen molar-refractivity contribution in [2.24, 2.45) is 0 Å². The monoisotopic (exact) mass is 358 g/mol. The van der Waals surface area contributed by atoms with Gasteiger partial charge in [0.15, 0.2) is 0 Å². The Hall–Kier alpha value is -2.57. The number of amides is 2. The number of piperidine rings is 1. The standard InChI is InChI=1S/C19H26N4O3/c1-2-17-21-15-6-3-4-7-16(15)23(17)14-9-12-22(13-10-14)19(26)20-11-5-8-18(24)25/h3-4,6-7,14H,2,5,8-13H2,1H3,(H,20,26)(H,24,25). The van der Waals surface area contributed by atoms with E-state index in [9.17, 15) is 9.59 Å². The van der Waals surface area contributed by atoms with Crippen LogP contribution in [-0.4, -0.2) is 51.2 Å². The van der Waals surface area contributed by atoms with Gasteiger partial charge in [-0.05, 0) is 31.4 Å². The van der Waals surface area contributed by atoms with Gasteiger partial charge in [0, 0.05) is 38.5 Å². The maximum absolute atomic E-state index is 12.2. The maximum atomic E-state index is 12.2. The summed E-state index contributed by atoms with van der Waals surface area (Å²) in [6, 6.07) is 8.47. The number of aliphatic carboxylic acids is 1. The van der Waals surface area contributed by atoms with Gasteiger partial charge in [0.1, 0.15) is 5.82 Å². The zero-order valence-electron chi connectivity index (χ0n) is 15.1. The molecule has 0 radical (unpaired) electrons. The van der Waals surface area contributed by atoms with Crippen molar-refractivity contribution in [3.8, 4) is 0 Å². The van der Waals surface area contributed by atoms with Gasteiger partial charge in [-0.25, -0.2) is 9.78 Å². The second kappa shape index (κ2) is 8.21. The number of aryl methyl sites for hydroxylation is 1. The number of carboxylic acids is 1. The van der Waals surface area contributed by atoms with E-state index in [-0.39, 0.29) is 12.5 Å². The van der Waals surface area contributed by atoms with Gasteiger partial charge >= 0.3 is 12.0 Å². The molecule has 1 aliphatic rings. The lowest BCUT2D eigenvalue weighted by atomic mass is 10.0. The largest absolute Gasteiger partial charge is 0.481 e. The molecule has 7 heteroatoms. The number of carbonyl (C=O) groups excluding carboxylic acids is 1. The van der Waals surface area contributed by atoms with Gasteiger partial charge in [0.05, 0.1) is 11.0 Å². The zero-order valence-corrected chi connectivity index (χ0v) is 15.1. The number of rotatable bonds is 6. The molecule has 140 valence electrons. The highest BCUT2D eigenvalue weighted by Gasteiger charge is 2.26. The number of fused-ring (bicyclic) bond motifs is 1. The topological polar surface area (TPSA) is 87.5 Å². The van der Waals surface area contributed by atoms with Crippen LogP contribution < -0.4 is 5.32 Å². The van der Waals surface area contributed by atoms with E-state index >= 15 is 0 Å². The molecule has 0 saturated carbocycles. The highest BCUT2D eigenvalue weighted by Crippen LogP contribution is 2.29. The van der Waals surface area contributed by atoms with E-state index in [1.54, 1.807) is 0 Å². The van der Waals surface area contributed by atoms with Crippen LogP contribution >= 0.6 is 0 Å². The maximum Gasteiger partial charge on any atom is 0.317 e. The van der Waals surface area contributed by atoms with Crippen molar-refractivity contribution in [1.29, 1.82) is 0 Å². The quantitative estimate of drug-likeness (QED) is 0.777. The average molecular weight is 358 g/mol. The van der Waals surface area contributed by atoms with Gasteiger partial charge in [0.25, 0.3) is 0 Å². The highest BCUT2D eigenvalue weighted by atomic mass is 16.4. The molecule has 0 bridgehead atoms. The molecule has 0 atom stereocenters. The molecule has 2 amide bonds. The minimum absolute atomic E-state index is 0.0792. The molecule has 3 rings (SSSR count). The summed E-state index contributed by atoms with van der Waals surface area (Å²) in [4.78, 5) is 29.3. The van der Waals surface area contributed by atoms with Crippen LogP contribution in [0.4, 0.5) is 4.79 Å². The van der Waals surface area contributed by atoms with Crippen molar-refractivity contribution < 1.29 is 14.7 Å². The number of imidazole rings is 1. The second-order valence-corrected chi connectivity index (χ2v) is 6.69. The first-order valence-corrected chi connectivity index (χ1v) is 9.30. The van der Waals surface area contributed by atoms with E-state index in [1.807, 2.05) is 23.1 Å². The van der Waals surface area contributed by atoms with E-state index in [0.29, 0.717) is 32.1 Å². The Morgan fingerprint density at radius 3 is 2.69 bits per heavy atom. The molecule has 2 heterocycles. The fourth-order valence-corrected chi connectivity index (χ4v) is 3.63. The van der Waals surface area contributed by atoms with Gasteiger partial charge in [-0.2, -0.15) is 0 Å². The summed E-state index contributed by atoms with van der Waals surface area (Å²) < 4.78 is 2.34. The van der Waals surface area contributed by atoms with E-state index in [4.69, 9.17) is 10.1 Å². The fraction of sp³-hybridized carbons (Fsp3) is 0.526. The Balaban J connectivity index is 1.59. The number of carbonyl (C=O) groups is 2. The Labute approximate surface area is 153 Å². The molecule has 26 heavy (non-hydrogen) atoms. The number of para-hydroxylation sites is 2. The fourth-order valence-electron chi connectivity index (χ4n) is 3.63. The average Bonchev–Trinajstić information content (AvgIpc) is 3.03. The van der Waals surface area contributed by atoms with Crippen molar-refractivity contribution in [3.63, 3.8) is 0 Å². The third kappa shape index (κ3) is 3.98. The van der Waals surface area contributed by atoms with E-state index in [1.165, 1.54) is 5.52 Å². The molecule has 1 fully saturated rings. The van der Waals surface area contributed by atoms with Crippen LogP contribution in [0.5, 0.6) is 0 Å². The summed E-state index contributed by atoms with van der Waals surface area (Å²) in [5.41, 5.74) is 2.20. The van der Waals surface area contributed by atoms with Crippen molar-refractivity contribution in [2.75, 3.05) is 19.6 Å². The molecule has 2 aromatic rings. The molecule has 1 saturated heterocycles. The Morgan fingerprint density at radius 1 is 1.27 bits per heavy atom. The number of benzene rings is 1. The van der Waals surface area contributed by atoms with Crippen LogP contribution in [0.3, 0.4) is 0 Å². The third-order valence-electron chi connectivity index (χ3n) is 4.95. The van der Waals surface area contributed by atoms with Gasteiger partial charge in [0.2, 0.25) is 0 Å². The van der Waals surface area contributed by atoms with Crippen molar-refractivity contribution in [2.45, 2.75) is 45.1 Å². The number of hydrogen-bond donors (Lipinski definition) is 2. The summed E-state index contributed by atoms with van der Waals surface area (Å²) in [7, 11) is 0. The molecule has 0 spiro atoms. The van der Waals surface area contributed by atoms with Crippen LogP contribution in [0.2, 0.25) is 0 Å². The second-order valence-electron chi connectivity index (χ2n) is 6.69. The number of aromatic nitrogens is 2. The first-order chi connectivity index (χ1) is 12.6.